The SMILES string of the molecule is O=C(NCC1CN(Cc2ccccc2)CCO1)c1nnn(-c2ccc(F)cc2)c1C(F)(F)F. The van der Waals surface area contributed by atoms with Crippen LogP contribution in [0.15, 0.2) is 54.6 Å². The van der Waals surface area contributed by atoms with Crippen LogP contribution >= 0.6 is 0 Å². The molecular formula is C22H21F4N5O2. The Labute approximate surface area is 187 Å². The number of nitrogens with zero attached hydrogens (tertiary/aromatic N) is 4. The van der Waals surface area contributed by atoms with E-state index in [2.05, 4.69) is 20.5 Å². The number of benzene rings is 2. The second-order valence-corrected chi connectivity index (χ2v) is 7.60. The fraction of sp³-hybridized carbons (Fsp3) is 0.318. The number of amides is 1. The highest BCUT2D eigenvalue weighted by molar-refractivity contribution is 5.93. The van der Waals surface area contributed by atoms with Crippen LogP contribution in [0.2, 0.25) is 0 Å². The van der Waals surface area contributed by atoms with E-state index < -0.39 is 29.3 Å². The Morgan fingerprint density at radius 2 is 1.85 bits per heavy atom. The molecule has 1 atom stereocenters. The molecule has 2 heterocycles. The molecule has 1 aliphatic rings. The second-order valence-electron chi connectivity index (χ2n) is 7.60. The van der Waals surface area contributed by atoms with Crippen molar-refractivity contribution < 1.29 is 27.1 Å². The Morgan fingerprint density at radius 1 is 1.12 bits per heavy atom. The number of hydrogen-bond acceptors (Lipinski definition) is 5. The number of nitrogens with one attached hydrogen (secondary N) is 1. The minimum atomic E-state index is -4.90. The monoisotopic (exact) mass is 463 g/mol. The van der Waals surface area contributed by atoms with Crippen molar-refractivity contribution in [2.75, 3.05) is 26.2 Å². The molecule has 1 aromatic heterocycles. The zero-order valence-corrected chi connectivity index (χ0v) is 17.4. The molecule has 0 radical (unpaired) electrons. The lowest BCUT2D eigenvalue weighted by Gasteiger charge is -2.33. The highest BCUT2D eigenvalue weighted by Crippen LogP contribution is 2.32. The molecule has 1 saturated heterocycles. The number of aromatic nitrogens is 3. The van der Waals surface area contributed by atoms with Crippen LogP contribution in [0.3, 0.4) is 0 Å². The Kier molecular flexibility index (Phi) is 6.70. The van der Waals surface area contributed by atoms with E-state index in [0.717, 1.165) is 29.8 Å². The zero-order valence-electron chi connectivity index (χ0n) is 17.4. The quantitative estimate of drug-likeness (QED) is 0.569. The average molecular weight is 463 g/mol. The van der Waals surface area contributed by atoms with Crippen molar-refractivity contribution >= 4 is 5.91 Å². The summed E-state index contributed by atoms with van der Waals surface area (Å²) in [4.78, 5) is 14.7. The third kappa shape index (κ3) is 5.55. The van der Waals surface area contributed by atoms with E-state index in [1.54, 1.807) is 0 Å². The van der Waals surface area contributed by atoms with Crippen molar-refractivity contribution in [3.63, 3.8) is 0 Å². The maximum absolute atomic E-state index is 13.7. The fourth-order valence-electron chi connectivity index (χ4n) is 3.63. The molecule has 7 nitrogen and oxygen atoms in total. The molecule has 1 aliphatic heterocycles. The molecule has 3 aromatic rings. The van der Waals surface area contributed by atoms with Crippen LogP contribution in [0.5, 0.6) is 0 Å². The molecule has 174 valence electrons. The zero-order chi connectivity index (χ0) is 23.4. The predicted octanol–water partition coefficient (Wildman–Crippen LogP) is 3.06. The summed E-state index contributed by atoms with van der Waals surface area (Å²) in [5, 5.41) is 9.41. The van der Waals surface area contributed by atoms with Crippen molar-refractivity contribution in [2.45, 2.75) is 18.8 Å². The van der Waals surface area contributed by atoms with Crippen LogP contribution in [-0.2, 0) is 17.5 Å². The minimum absolute atomic E-state index is 0.0187. The van der Waals surface area contributed by atoms with Crippen LogP contribution in [0.1, 0.15) is 21.7 Å². The largest absolute Gasteiger partial charge is 0.435 e. The lowest BCUT2D eigenvalue weighted by atomic mass is 10.2. The Balaban J connectivity index is 1.43. The standard InChI is InChI=1S/C22H21F4N5O2/c23-16-6-8-17(9-7-16)31-20(22(24,25)26)19(28-29-31)21(32)27-12-18-14-30(10-11-33-18)13-15-4-2-1-3-5-15/h1-9,18H,10-14H2,(H,27,32). The van der Waals surface area contributed by atoms with E-state index in [9.17, 15) is 22.4 Å². The maximum atomic E-state index is 13.7. The van der Waals surface area contributed by atoms with Crippen molar-refractivity contribution in [1.29, 1.82) is 0 Å². The first-order chi connectivity index (χ1) is 15.8. The van der Waals surface area contributed by atoms with Gasteiger partial charge in [-0.2, -0.15) is 13.2 Å². The number of carbonyl (C=O) groups excluding carboxylic acids is 1. The molecular weight excluding hydrogens is 442 g/mol. The molecule has 0 aliphatic carbocycles. The first-order valence-electron chi connectivity index (χ1n) is 10.3. The summed E-state index contributed by atoms with van der Waals surface area (Å²) in [6.45, 7) is 2.40. The molecule has 2 aromatic carbocycles. The number of hydrogen-bond donors (Lipinski definition) is 1. The number of morpholine rings is 1. The molecule has 4 rings (SSSR count). The van der Waals surface area contributed by atoms with Gasteiger partial charge in [-0.3, -0.25) is 9.69 Å². The summed E-state index contributed by atoms with van der Waals surface area (Å²) in [5.74, 6) is -1.63. The first-order valence-corrected chi connectivity index (χ1v) is 10.3. The van der Waals surface area contributed by atoms with Gasteiger partial charge < -0.3 is 10.1 Å². The van der Waals surface area contributed by atoms with Gasteiger partial charge in [0.2, 0.25) is 0 Å². The normalized spacial score (nSPS) is 17.2. The minimum Gasteiger partial charge on any atom is -0.374 e. The highest BCUT2D eigenvalue weighted by atomic mass is 19.4. The number of ether oxygens (including phenoxy) is 1. The second kappa shape index (κ2) is 9.67. The summed E-state index contributed by atoms with van der Waals surface area (Å²) in [5.41, 5.74) is -1.12. The Bertz CT molecular complexity index is 1090. The first kappa shape index (κ1) is 22.9. The summed E-state index contributed by atoms with van der Waals surface area (Å²) in [6.07, 6.45) is -5.29. The summed E-state index contributed by atoms with van der Waals surface area (Å²) >= 11 is 0. The van der Waals surface area contributed by atoms with Crippen LogP contribution in [0.4, 0.5) is 17.6 Å². The van der Waals surface area contributed by atoms with Crippen LogP contribution in [-0.4, -0.2) is 58.1 Å². The molecule has 0 saturated carbocycles. The summed E-state index contributed by atoms with van der Waals surface area (Å²) < 4.78 is 60.5. The number of halogens is 4. The van der Waals surface area contributed by atoms with E-state index in [0.29, 0.717) is 30.9 Å². The molecule has 1 unspecified atom stereocenters. The van der Waals surface area contributed by atoms with Gasteiger partial charge in [-0.15, -0.1) is 5.10 Å². The van der Waals surface area contributed by atoms with E-state index in [1.165, 1.54) is 0 Å². The molecule has 1 fully saturated rings. The van der Waals surface area contributed by atoms with Crippen LogP contribution < -0.4 is 5.32 Å². The van der Waals surface area contributed by atoms with Gasteiger partial charge >= 0.3 is 6.18 Å². The molecule has 1 amide bonds. The van der Waals surface area contributed by atoms with Gasteiger partial charge in [0.25, 0.3) is 5.91 Å². The van der Waals surface area contributed by atoms with Crippen molar-refractivity contribution in [1.82, 2.24) is 25.2 Å². The van der Waals surface area contributed by atoms with Crippen LogP contribution in [0, 0.1) is 5.82 Å². The summed E-state index contributed by atoms with van der Waals surface area (Å²) in [7, 11) is 0. The lowest BCUT2D eigenvalue weighted by Crippen LogP contribution is -2.47. The van der Waals surface area contributed by atoms with Gasteiger partial charge in [-0.25, -0.2) is 9.07 Å². The number of rotatable bonds is 6. The molecule has 0 spiro atoms. The molecule has 0 bridgehead atoms. The topological polar surface area (TPSA) is 72.3 Å². The smallest absolute Gasteiger partial charge is 0.374 e. The maximum Gasteiger partial charge on any atom is 0.435 e. The van der Waals surface area contributed by atoms with Crippen molar-refractivity contribution in [3.05, 3.63) is 77.4 Å². The van der Waals surface area contributed by atoms with E-state index in [4.69, 9.17) is 4.74 Å². The highest BCUT2D eigenvalue weighted by Gasteiger charge is 2.42. The fourth-order valence-corrected chi connectivity index (χ4v) is 3.63. The van der Waals surface area contributed by atoms with Gasteiger partial charge in [-0.05, 0) is 29.8 Å². The Morgan fingerprint density at radius 3 is 2.55 bits per heavy atom. The predicted molar refractivity (Wildman–Crippen MR) is 110 cm³/mol. The number of carbonyl (C=O) groups is 1. The lowest BCUT2D eigenvalue weighted by molar-refractivity contribution is -0.143. The molecule has 33 heavy (non-hydrogen) atoms. The average Bonchev–Trinajstić information content (AvgIpc) is 3.25. The molecule has 1 N–H and O–H groups in total. The van der Waals surface area contributed by atoms with Gasteiger partial charge in [0.05, 0.1) is 18.4 Å². The summed E-state index contributed by atoms with van der Waals surface area (Å²) in [6, 6.07) is 14.1. The van der Waals surface area contributed by atoms with E-state index >= 15 is 0 Å². The molecule has 11 heteroatoms. The third-order valence-corrected chi connectivity index (χ3v) is 5.19. The van der Waals surface area contributed by atoms with Gasteiger partial charge in [-0.1, -0.05) is 35.5 Å². The van der Waals surface area contributed by atoms with Gasteiger partial charge in [0.1, 0.15) is 5.82 Å². The van der Waals surface area contributed by atoms with Gasteiger partial charge in [0, 0.05) is 26.2 Å². The van der Waals surface area contributed by atoms with Crippen molar-refractivity contribution in [2.24, 2.45) is 0 Å². The van der Waals surface area contributed by atoms with E-state index in [1.807, 2.05) is 30.3 Å². The third-order valence-electron chi connectivity index (χ3n) is 5.19. The Hall–Kier alpha value is -3.31. The van der Waals surface area contributed by atoms with Crippen LogP contribution in [0.25, 0.3) is 5.69 Å². The van der Waals surface area contributed by atoms with Gasteiger partial charge in [0.15, 0.2) is 11.4 Å². The number of alkyl halides is 3. The van der Waals surface area contributed by atoms with E-state index in [-0.39, 0.29) is 18.3 Å². The van der Waals surface area contributed by atoms with Crippen molar-refractivity contribution in [3.8, 4) is 5.69 Å².